The fraction of sp³-hybridized carbons (Fsp3) is 0.0870. The third-order valence-electron chi connectivity index (χ3n) is 5.00. The van der Waals surface area contributed by atoms with Crippen LogP contribution in [-0.4, -0.2) is 31.5 Å². The third kappa shape index (κ3) is 3.76. The van der Waals surface area contributed by atoms with Gasteiger partial charge in [0.1, 0.15) is 22.8 Å². The SMILES string of the molecule is COc1ccc(-c2nc3ccccn3c2-c2cn(Cc3ccc(Cl)c(Cl)c3)nn2)cc1. The predicted octanol–water partition coefficient (Wildman–Crippen LogP) is 5.62. The van der Waals surface area contributed by atoms with E-state index >= 15 is 0 Å². The molecule has 0 atom stereocenters. The smallest absolute Gasteiger partial charge is 0.137 e. The van der Waals surface area contributed by atoms with Crippen LogP contribution in [0.5, 0.6) is 5.75 Å². The summed E-state index contributed by atoms with van der Waals surface area (Å²) in [5.74, 6) is 0.793. The largest absolute Gasteiger partial charge is 0.497 e. The van der Waals surface area contributed by atoms with Crippen LogP contribution < -0.4 is 4.74 Å². The Morgan fingerprint density at radius 2 is 1.81 bits per heavy atom. The highest BCUT2D eigenvalue weighted by Crippen LogP contribution is 2.32. The molecule has 5 rings (SSSR count). The molecule has 5 aromatic rings. The molecule has 6 nitrogen and oxygen atoms in total. The van der Waals surface area contributed by atoms with Gasteiger partial charge in [-0.25, -0.2) is 9.67 Å². The molecule has 0 amide bonds. The minimum absolute atomic E-state index is 0.517. The Bertz CT molecular complexity index is 1370. The summed E-state index contributed by atoms with van der Waals surface area (Å²) in [6.45, 7) is 0.526. The number of hydrogen-bond acceptors (Lipinski definition) is 4. The molecule has 8 heteroatoms. The van der Waals surface area contributed by atoms with Crippen molar-refractivity contribution in [2.24, 2.45) is 0 Å². The van der Waals surface area contributed by atoms with Crippen LogP contribution in [0.3, 0.4) is 0 Å². The Morgan fingerprint density at radius 3 is 2.58 bits per heavy atom. The molecule has 154 valence electrons. The Hall–Kier alpha value is -3.35. The van der Waals surface area contributed by atoms with Gasteiger partial charge in [-0.15, -0.1) is 5.10 Å². The molecule has 0 unspecified atom stereocenters. The van der Waals surface area contributed by atoms with E-state index in [0.717, 1.165) is 39.6 Å². The summed E-state index contributed by atoms with van der Waals surface area (Å²) in [6, 6.07) is 19.3. The van der Waals surface area contributed by atoms with E-state index in [9.17, 15) is 0 Å². The summed E-state index contributed by atoms with van der Waals surface area (Å²) < 4.78 is 9.08. The number of hydrogen-bond donors (Lipinski definition) is 0. The van der Waals surface area contributed by atoms with Gasteiger partial charge in [0.25, 0.3) is 0 Å². The van der Waals surface area contributed by atoms with Gasteiger partial charge in [0.05, 0.1) is 35.6 Å². The average Bonchev–Trinajstić information content (AvgIpc) is 3.40. The quantitative estimate of drug-likeness (QED) is 0.349. The number of fused-ring (bicyclic) bond motifs is 1. The first-order chi connectivity index (χ1) is 15.1. The molecule has 0 saturated heterocycles. The maximum Gasteiger partial charge on any atom is 0.137 e. The normalized spacial score (nSPS) is 11.2. The van der Waals surface area contributed by atoms with E-state index in [2.05, 4.69) is 10.3 Å². The number of ether oxygens (including phenoxy) is 1. The van der Waals surface area contributed by atoms with Crippen LogP contribution in [0, 0.1) is 0 Å². The van der Waals surface area contributed by atoms with Gasteiger partial charge in [-0.2, -0.15) is 0 Å². The van der Waals surface area contributed by atoms with Gasteiger partial charge in [-0.3, -0.25) is 4.40 Å². The first kappa shape index (κ1) is 19.6. The number of aromatic nitrogens is 5. The van der Waals surface area contributed by atoms with Gasteiger partial charge >= 0.3 is 0 Å². The second-order valence-electron chi connectivity index (χ2n) is 7.02. The summed E-state index contributed by atoms with van der Waals surface area (Å²) in [6.07, 6.45) is 3.88. The highest BCUT2D eigenvalue weighted by Gasteiger charge is 2.18. The summed E-state index contributed by atoms with van der Waals surface area (Å²) in [5.41, 5.74) is 5.22. The van der Waals surface area contributed by atoms with E-state index in [-0.39, 0.29) is 0 Å². The Balaban J connectivity index is 1.57. The summed E-state index contributed by atoms with van der Waals surface area (Å²) in [7, 11) is 1.65. The van der Waals surface area contributed by atoms with Crippen LogP contribution in [0.2, 0.25) is 10.0 Å². The second kappa shape index (κ2) is 8.06. The molecular formula is C23H17Cl2N5O. The molecule has 0 N–H and O–H groups in total. The maximum atomic E-state index is 6.14. The Labute approximate surface area is 188 Å². The first-order valence-corrected chi connectivity index (χ1v) is 10.3. The van der Waals surface area contributed by atoms with Crippen LogP contribution in [0.25, 0.3) is 28.3 Å². The average molecular weight is 450 g/mol. The minimum atomic E-state index is 0.517. The fourth-order valence-electron chi connectivity index (χ4n) is 3.50. The van der Waals surface area contributed by atoms with Crippen molar-refractivity contribution in [3.63, 3.8) is 0 Å². The number of pyridine rings is 1. The van der Waals surface area contributed by atoms with Crippen molar-refractivity contribution in [2.75, 3.05) is 7.11 Å². The summed E-state index contributed by atoms with van der Waals surface area (Å²) >= 11 is 12.2. The van der Waals surface area contributed by atoms with Gasteiger partial charge in [-0.1, -0.05) is 40.5 Å². The lowest BCUT2D eigenvalue weighted by molar-refractivity contribution is 0.415. The highest BCUT2D eigenvalue weighted by molar-refractivity contribution is 6.42. The lowest BCUT2D eigenvalue weighted by atomic mass is 10.1. The molecular weight excluding hydrogens is 433 g/mol. The molecule has 0 bridgehead atoms. The standard InChI is InChI=1S/C23H17Cl2N5O/c1-31-17-8-6-16(7-9-17)22-23(30-11-3-2-4-21(30)26-22)20-14-29(28-27-20)13-15-5-10-18(24)19(25)12-15/h2-12,14H,13H2,1H3. The summed E-state index contributed by atoms with van der Waals surface area (Å²) in [4.78, 5) is 4.84. The zero-order chi connectivity index (χ0) is 21.4. The van der Waals surface area contributed by atoms with Crippen molar-refractivity contribution in [1.82, 2.24) is 24.4 Å². The van der Waals surface area contributed by atoms with Gasteiger partial charge < -0.3 is 4.74 Å². The van der Waals surface area contributed by atoms with Crippen LogP contribution in [0.4, 0.5) is 0 Å². The number of methoxy groups -OCH3 is 1. The van der Waals surface area contributed by atoms with Crippen molar-refractivity contribution in [1.29, 1.82) is 0 Å². The molecule has 0 saturated carbocycles. The van der Waals surface area contributed by atoms with E-state index in [4.69, 9.17) is 32.9 Å². The van der Waals surface area contributed by atoms with E-state index in [1.54, 1.807) is 17.9 Å². The minimum Gasteiger partial charge on any atom is -0.497 e. The molecule has 0 spiro atoms. The zero-order valence-corrected chi connectivity index (χ0v) is 18.0. The molecule has 0 aliphatic carbocycles. The van der Waals surface area contributed by atoms with E-state index in [1.807, 2.05) is 71.4 Å². The lowest BCUT2D eigenvalue weighted by Gasteiger charge is -2.04. The van der Waals surface area contributed by atoms with Gasteiger partial charge in [0.15, 0.2) is 0 Å². The molecule has 31 heavy (non-hydrogen) atoms. The first-order valence-electron chi connectivity index (χ1n) is 9.58. The fourth-order valence-corrected chi connectivity index (χ4v) is 3.82. The Kier molecular flexibility index (Phi) is 5.10. The van der Waals surface area contributed by atoms with Crippen molar-refractivity contribution in [3.05, 3.63) is 88.7 Å². The van der Waals surface area contributed by atoms with E-state index < -0.39 is 0 Å². The van der Waals surface area contributed by atoms with Gasteiger partial charge in [-0.05, 0) is 54.1 Å². The van der Waals surface area contributed by atoms with Gasteiger partial charge in [0.2, 0.25) is 0 Å². The predicted molar refractivity (Wildman–Crippen MR) is 122 cm³/mol. The Morgan fingerprint density at radius 1 is 0.968 bits per heavy atom. The van der Waals surface area contributed by atoms with Crippen molar-refractivity contribution >= 4 is 28.8 Å². The topological polar surface area (TPSA) is 57.2 Å². The number of imidazole rings is 1. The number of benzene rings is 2. The van der Waals surface area contributed by atoms with E-state index in [0.29, 0.717) is 16.6 Å². The molecule has 2 aromatic carbocycles. The molecule has 3 aromatic heterocycles. The number of halogens is 2. The van der Waals surface area contributed by atoms with Crippen molar-refractivity contribution in [3.8, 4) is 28.4 Å². The van der Waals surface area contributed by atoms with Crippen LogP contribution in [0.15, 0.2) is 73.1 Å². The van der Waals surface area contributed by atoms with Crippen molar-refractivity contribution in [2.45, 2.75) is 6.54 Å². The molecule has 3 heterocycles. The highest BCUT2D eigenvalue weighted by atomic mass is 35.5. The maximum absolute atomic E-state index is 6.14. The lowest BCUT2D eigenvalue weighted by Crippen LogP contribution is -2.00. The second-order valence-corrected chi connectivity index (χ2v) is 7.83. The summed E-state index contributed by atoms with van der Waals surface area (Å²) in [5, 5.41) is 9.80. The zero-order valence-electron chi connectivity index (χ0n) is 16.5. The molecule has 0 fully saturated rings. The van der Waals surface area contributed by atoms with E-state index in [1.165, 1.54) is 0 Å². The molecule has 0 aliphatic heterocycles. The molecule has 0 aliphatic rings. The third-order valence-corrected chi connectivity index (χ3v) is 5.74. The number of rotatable bonds is 5. The van der Waals surface area contributed by atoms with Crippen molar-refractivity contribution < 1.29 is 4.74 Å². The van der Waals surface area contributed by atoms with Crippen LogP contribution in [-0.2, 0) is 6.54 Å². The molecule has 0 radical (unpaired) electrons. The van der Waals surface area contributed by atoms with Crippen LogP contribution >= 0.6 is 23.2 Å². The van der Waals surface area contributed by atoms with Gasteiger partial charge in [0, 0.05) is 11.8 Å². The monoisotopic (exact) mass is 449 g/mol. The van der Waals surface area contributed by atoms with Crippen LogP contribution in [0.1, 0.15) is 5.56 Å². The number of nitrogens with zero attached hydrogens (tertiary/aromatic N) is 5.